The third-order valence-electron chi connectivity index (χ3n) is 3.11. The summed E-state index contributed by atoms with van der Waals surface area (Å²) >= 11 is 1.44. The van der Waals surface area contributed by atoms with Crippen LogP contribution in [-0.2, 0) is 10.4 Å². The summed E-state index contributed by atoms with van der Waals surface area (Å²) in [5.74, 6) is -0.101. The van der Waals surface area contributed by atoms with Crippen molar-refractivity contribution in [3.05, 3.63) is 46.5 Å². The summed E-state index contributed by atoms with van der Waals surface area (Å²) in [7, 11) is 0. The Kier molecular flexibility index (Phi) is 4.01. The minimum atomic E-state index is -1.26. The first-order valence-electron chi connectivity index (χ1n) is 6.41. The van der Waals surface area contributed by atoms with E-state index in [-0.39, 0.29) is 12.5 Å². The molecule has 1 amide bonds. The highest BCUT2D eigenvalue weighted by Gasteiger charge is 2.35. The number of thiophene rings is 1. The molecule has 0 aliphatic rings. The van der Waals surface area contributed by atoms with Crippen LogP contribution in [0, 0.1) is 5.41 Å². The molecular weight excluding hydrogens is 274 g/mol. The summed E-state index contributed by atoms with van der Waals surface area (Å²) in [5.41, 5.74) is -1.12. The van der Waals surface area contributed by atoms with Gasteiger partial charge in [-0.15, -0.1) is 11.3 Å². The smallest absolute Gasteiger partial charge is 0.225 e. The van der Waals surface area contributed by atoms with Crippen molar-refractivity contribution in [1.29, 1.82) is 0 Å². The zero-order valence-electron chi connectivity index (χ0n) is 11.8. The van der Waals surface area contributed by atoms with Crippen molar-refractivity contribution in [2.45, 2.75) is 26.4 Å². The quantitative estimate of drug-likeness (QED) is 0.911. The van der Waals surface area contributed by atoms with Crippen molar-refractivity contribution in [3.8, 4) is 0 Å². The van der Waals surface area contributed by atoms with Crippen LogP contribution in [0.1, 0.15) is 31.2 Å². The molecule has 5 heteroatoms. The Hall–Kier alpha value is -1.59. The average molecular weight is 293 g/mol. The van der Waals surface area contributed by atoms with E-state index in [1.165, 1.54) is 23.9 Å². The van der Waals surface area contributed by atoms with Gasteiger partial charge in [-0.3, -0.25) is 4.79 Å². The standard InChI is InChI=1S/C15H19NO3S/c1-14(2,3)13(17)16-10-15(18,11-6-7-19-9-11)12-5-4-8-20-12/h4-9,18H,10H2,1-3H3,(H,16,17)/t15-/m1/s1. The summed E-state index contributed by atoms with van der Waals surface area (Å²) in [5, 5.41) is 15.7. The Morgan fingerprint density at radius 2 is 2.15 bits per heavy atom. The molecule has 2 heterocycles. The van der Waals surface area contributed by atoms with Crippen molar-refractivity contribution in [2.24, 2.45) is 5.41 Å². The van der Waals surface area contributed by atoms with Gasteiger partial charge in [-0.1, -0.05) is 26.8 Å². The van der Waals surface area contributed by atoms with E-state index >= 15 is 0 Å². The van der Waals surface area contributed by atoms with Gasteiger partial charge in [-0.2, -0.15) is 0 Å². The predicted molar refractivity (Wildman–Crippen MR) is 78.5 cm³/mol. The highest BCUT2D eigenvalue weighted by atomic mass is 32.1. The number of rotatable bonds is 4. The molecule has 0 fully saturated rings. The number of furan rings is 1. The monoisotopic (exact) mass is 293 g/mol. The third kappa shape index (κ3) is 2.94. The van der Waals surface area contributed by atoms with Crippen LogP contribution in [0.3, 0.4) is 0 Å². The molecule has 0 unspecified atom stereocenters. The van der Waals surface area contributed by atoms with Gasteiger partial charge in [-0.05, 0) is 17.5 Å². The van der Waals surface area contributed by atoms with Crippen molar-refractivity contribution in [2.75, 3.05) is 6.54 Å². The number of carbonyl (C=O) groups is 1. The molecule has 0 radical (unpaired) electrons. The third-order valence-corrected chi connectivity index (χ3v) is 4.13. The van der Waals surface area contributed by atoms with Crippen molar-refractivity contribution < 1.29 is 14.3 Å². The lowest BCUT2D eigenvalue weighted by molar-refractivity contribution is -0.129. The van der Waals surface area contributed by atoms with E-state index in [1.807, 2.05) is 38.3 Å². The van der Waals surface area contributed by atoms with Gasteiger partial charge in [0.15, 0.2) is 0 Å². The lowest BCUT2D eigenvalue weighted by atomic mass is 9.92. The molecule has 20 heavy (non-hydrogen) atoms. The minimum Gasteiger partial charge on any atom is -0.472 e. The van der Waals surface area contributed by atoms with E-state index in [0.29, 0.717) is 5.56 Å². The fourth-order valence-corrected chi connectivity index (χ4v) is 2.66. The van der Waals surface area contributed by atoms with E-state index < -0.39 is 11.0 Å². The van der Waals surface area contributed by atoms with Crippen LogP contribution in [0.15, 0.2) is 40.5 Å². The van der Waals surface area contributed by atoms with E-state index in [2.05, 4.69) is 5.32 Å². The number of hydrogen-bond acceptors (Lipinski definition) is 4. The Morgan fingerprint density at radius 3 is 2.65 bits per heavy atom. The summed E-state index contributed by atoms with van der Waals surface area (Å²) < 4.78 is 5.06. The normalized spacial score (nSPS) is 14.8. The van der Waals surface area contributed by atoms with Gasteiger partial charge in [0.05, 0.1) is 19.1 Å². The number of amides is 1. The highest BCUT2D eigenvalue weighted by molar-refractivity contribution is 7.10. The fraction of sp³-hybridized carbons (Fsp3) is 0.400. The molecule has 2 N–H and O–H groups in total. The maximum Gasteiger partial charge on any atom is 0.225 e. The van der Waals surface area contributed by atoms with Gasteiger partial charge in [0, 0.05) is 15.9 Å². The van der Waals surface area contributed by atoms with Gasteiger partial charge in [0.2, 0.25) is 5.91 Å². The fourth-order valence-electron chi connectivity index (χ4n) is 1.82. The lowest BCUT2D eigenvalue weighted by Gasteiger charge is -2.28. The average Bonchev–Trinajstić information content (AvgIpc) is 3.05. The molecular formula is C15H19NO3S. The first kappa shape index (κ1) is 14.8. The van der Waals surface area contributed by atoms with E-state index in [9.17, 15) is 9.90 Å². The topological polar surface area (TPSA) is 62.5 Å². The van der Waals surface area contributed by atoms with Crippen molar-refractivity contribution in [3.63, 3.8) is 0 Å². The zero-order valence-corrected chi connectivity index (χ0v) is 12.7. The number of aliphatic hydroxyl groups is 1. The Morgan fingerprint density at radius 1 is 1.40 bits per heavy atom. The van der Waals surface area contributed by atoms with Gasteiger partial charge in [0.1, 0.15) is 5.60 Å². The van der Waals surface area contributed by atoms with Crippen LogP contribution >= 0.6 is 11.3 Å². The van der Waals surface area contributed by atoms with Gasteiger partial charge >= 0.3 is 0 Å². The zero-order chi connectivity index (χ0) is 14.8. The molecule has 0 spiro atoms. The number of hydrogen-bond donors (Lipinski definition) is 2. The van der Waals surface area contributed by atoms with E-state index in [1.54, 1.807) is 6.07 Å². The molecule has 2 rings (SSSR count). The highest BCUT2D eigenvalue weighted by Crippen LogP contribution is 2.32. The SMILES string of the molecule is CC(C)(C)C(=O)NC[C@@](O)(c1ccoc1)c1cccs1. The summed E-state index contributed by atoms with van der Waals surface area (Å²) in [6.07, 6.45) is 3.02. The number of nitrogens with one attached hydrogen (secondary N) is 1. The second kappa shape index (κ2) is 5.42. The lowest BCUT2D eigenvalue weighted by Crippen LogP contribution is -2.44. The molecule has 0 aromatic carbocycles. The minimum absolute atomic E-state index is 0.101. The predicted octanol–water partition coefficient (Wildman–Crippen LogP) is 2.74. The molecule has 2 aromatic rings. The van der Waals surface area contributed by atoms with Crippen molar-refractivity contribution in [1.82, 2.24) is 5.32 Å². The molecule has 2 aromatic heterocycles. The molecule has 0 saturated carbocycles. The van der Waals surface area contributed by atoms with Crippen LogP contribution in [0.4, 0.5) is 0 Å². The molecule has 0 aliphatic carbocycles. The van der Waals surface area contributed by atoms with Crippen LogP contribution < -0.4 is 5.32 Å². The van der Waals surface area contributed by atoms with Gasteiger partial charge in [-0.25, -0.2) is 0 Å². The van der Waals surface area contributed by atoms with Gasteiger partial charge in [0.25, 0.3) is 0 Å². The van der Waals surface area contributed by atoms with Crippen LogP contribution in [-0.4, -0.2) is 17.6 Å². The second-order valence-corrected chi connectivity index (χ2v) is 6.73. The van der Waals surface area contributed by atoms with Crippen LogP contribution in [0.5, 0.6) is 0 Å². The summed E-state index contributed by atoms with van der Waals surface area (Å²) in [6.45, 7) is 5.63. The molecule has 4 nitrogen and oxygen atoms in total. The molecule has 0 aliphatic heterocycles. The van der Waals surface area contributed by atoms with E-state index in [0.717, 1.165) is 4.88 Å². The van der Waals surface area contributed by atoms with E-state index in [4.69, 9.17) is 4.42 Å². The van der Waals surface area contributed by atoms with Crippen molar-refractivity contribution >= 4 is 17.2 Å². The van der Waals surface area contributed by atoms with Gasteiger partial charge < -0.3 is 14.8 Å². The van der Waals surface area contributed by atoms with Crippen LogP contribution in [0.25, 0.3) is 0 Å². The summed E-state index contributed by atoms with van der Waals surface area (Å²) in [6, 6.07) is 5.43. The second-order valence-electron chi connectivity index (χ2n) is 5.78. The first-order valence-corrected chi connectivity index (χ1v) is 7.29. The molecule has 108 valence electrons. The largest absolute Gasteiger partial charge is 0.472 e. The Bertz CT molecular complexity index is 518. The molecule has 1 atom stereocenters. The Labute approximate surface area is 122 Å². The maximum absolute atomic E-state index is 12.0. The molecule has 0 saturated heterocycles. The Balaban J connectivity index is 2.24. The number of carbonyl (C=O) groups excluding carboxylic acids is 1. The first-order chi connectivity index (χ1) is 9.34. The maximum atomic E-state index is 12.0. The summed E-state index contributed by atoms with van der Waals surface area (Å²) in [4.78, 5) is 12.8. The van der Waals surface area contributed by atoms with Crippen LogP contribution in [0.2, 0.25) is 0 Å². The molecule has 0 bridgehead atoms.